The molecule has 6 atom stereocenters. The smallest absolute Gasteiger partial charge is 0.414 e. The Morgan fingerprint density at radius 2 is 2.07 bits per heavy atom. The zero-order valence-corrected chi connectivity index (χ0v) is 17.0. The van der Waals surface area contributed by atoms with Gasteiger partial charge in [0.05, 0.1) is 18.6 Å². The summed E-state index contributed by atoms with van der Waals surface area (Å²) in [6.45, 7) is 6.87. The molecular formula is C19H28ClNO6. The highest BCUT2D eigenvalue weighted by Gasteiger charge is 2.72. The summed E-state index contributed by atoms with van der Waals surface area (Å²) in [6.07, 6.45) is 2.78. The first-order valence-corrected chi connectivity index (χ1v) is 9.83. The molecule has 0 bridgehead atoms. The summed E-state index contributed by atoms with van der Waals surface area (Å²) in [5, 5.41) is 2.11. The maximum Gasteiger partial charge on any atom is 0.414 e. The third-order valence-electron chi connectivity index (χ3n) is 5.86. The molecule has 27 heavy (non-hydrogen) atoms. The summed E-state index contributed by atoms with van der Waals surface area (Å²) >= 11 is 5.42. The van der Waals surface area contributed by atoms with Crippen molar-refractivity contribution in [2.45, 2.75) is 69.5 Å². The minimum atomic E-state index is -0.804. The van der Waals surface area contributed by atoms with Crippen LogP contribution in [0.1, 0.15) is 40.0 Å². The van der Waals surface area contributed by atoms with Gasteiger partial charge in [0.1, 0.15) is 29.3 Å². The predicted octanol–water partition coefficient (Wildman–Crippen LogP) is 2.55. The fourth-order valence-electron chi connectivity index (χ4n) is 4.38. The van der Waals surface area contributed by atoms with Crippen LogP contribution < -0.4 is 5.32 Å². The fraction of sp³-hybridized carbons (Fsp3) is 0.789. The molecule has 152 valence electrons. The van der Waals surface area contributed by atoms with Crippen molar-refractivity contribution in [2.24, 2.45) is 5.92 Å². The highest BCUT2D eigenvalue weighted by Crippen LogP contribution is 2.59. The van der Waals surface area contributed by atoms with Gasteiger partial charge in [-0.1, -0.05) is 11.6 Å². The summed E-state index contributed by atoms with van der Waals surface area (Å²) in [5.74, 6) is -0.949. The van der Waals surface area contributed by atoms with Gasteiger partial charge in [0.15, 0.2) is 0 Å². The first-order chi connectivity index (χ1) is 12.8. The molecule has 1 spiro atoms. The van der Waals surface area contributed by atoms with Crippen molar-refractivity contribution in [3.05, 3.63) is 11.6 Å². The number of amides is 2. The van der Waals surface area contributed by atoms with E-state index in [1.54, 1.807) is 7.11 Å². The standard InChI is InChI=1S/C19H28ClNO6/c1-11(2)5-6-13-18(3,27-13)16-15(24-4)12(7-8-19(16)10-25-19)26-17(23)21-14(22)9-20/h5,12-13,15-16H,6-10H2,1-4H3,(H,21,22,23)/t12-,13+,15?,16?,18?,19-/m0/s1. The first kappa shape index (κ1) is 20.6. The Labute approximate surface area is 164 Å². The van der Waals surface area contributed by atoms with Crippen LogP contribution in [0.5, 0.6) is 0 Å². The molecule has 1 aliphatic carbocycles. The van der Waals surface area contributed by atoms with E-state index in [-0.39, 0.29) is 29.6 Å². The maximum absolute atomic E-state index is 12.0. The van der Waals surface area contributed by atoms with Crippen LogP contribution in [-0.4, -0.2) is 61.1 Å². The molecular weight excluding hydrogens is 374 g/mol. The Bertz CT molecular complexity index is 630. The number of methoxy groups -OCH3 is 1. The Morgan fingerprint density at radius 1 is 1.37 bits per heavy atom. The van der Waals surface area contributed by atoms with Crippen LogP contribution in [0.4, 0.5) is 4.79 Å². The number of rotatable bonds is 6. The van der Waals surface area contributed by atoms with E-state index < -0.39 is 23.7 Å². The average Bonchev–Trinajstić information content (AvgIpc) is 3.52. The summed E-state index contributed by atoms with van der Waals surface area (Å²) in [4.78, 5) is 23.3. The van der Waals surface area contributed by atoms with Crippen molar-refractivity contribution >= 4 is 23.6 Å². The Morgan fingerprint density at radius 3 is 2.63 bits per heavy atom. The number of hydrogen-bond acceptors (Lipinski definition) is 6. The number of hydrogen-bond donors (Lipinski definition) is 1. The lowest BCUT2D eigenvalue weighted by Gasteiger charge is -2.42. The monoisotopic (exact) mass is 401 g/mol. The van der Waals surface area contributed by atoms with Crippen molar-refractivity contribution in [1.29, 1.82) is 0 Å². The Hall–Kier alpha value is -1.15. The fourth-order valence-corrected chi connectivity index (χ4v) is 4.45. The molecule has 3 rings (SSSR count). The van der Waals surface area contributed by atoms with Crippen LogP contribution in [0.25, 0.3) is 0 Å². The van der Waals surface area contributed by atoms with Gasteiger partial charge < -0.3 is 18.9 Å². The number of halogens is 1. The zero-order chi connectivity index (χ0) is 19.8. The predicted molar refractivity (Wildman–Crippen MR) is 98.7 cm³/mol. The summed E-state index contributed by atoms with van der Waals surface area (Å²) < 4.78 is 23.2. The minimum Gasteiger partial charge on any atom is -0.443 e. The van der Waals surface area contributed by atoms with E-state index in [9.17, 15) is 9.59 Å². The molecule has 3 unspecified atom stereocenters. The quantitative estimate of drug-likeness (QED) is 0.418. The van der Waals surface area contributed by atoms with Gasteiger partial charge in [-0.05, 0) is 40.0 Å². The Kier molecular flexibility index (Phi) is 5.87. The molecule has 2 amide bonds. The SMILES string of the molecule is COC1C(C2(C)O[C@@H]2CC=C(C)C)[C@]2(CC[C@@H]1OC(=O)NC(=O)CCl)CO2. The van der Waals surface area contributed by atoms with Crippen molar-refractivity contribution in [3.63, 3.8) is 0 Å². The van der Waals surface area contributed by atoms with E-state index in [1.807, 2.05) is 0 Å². The molecule has 0 aromatic heterocycles. The number of allylic oxidation sites excluding steroid dienone is 1. The molecule has 3 fully saturated rings. The van der Waals surface area contributed by atoms with Gasteiger partial charge in [0.25, 0.3) is 0 Å². The molecule has 2 saturated heterocycles. The van der Waals surface area contributed by atoms with Gasteiger partial charge in [-0.25, -0.2) is 4.79 Å². The van der Waals surface area contributed by atoms with Crippen LogP contribution >= 0.6 is 11.6 Å². The first-order valence-electron chi connectivity index (χ1n) is 9.30. The van der Waals surface area contributed by atoms with Crippen LogP contribution in [0.15, 0.2) is 11.6 Å². The molecule has 2 aliphatic heterocycles. The third kappa shape index (κ3) is 4.16. The third-order valence-corrected chi connectivity index (χ3v) is 6.10. The van der Waals surface area contributed by atoms with E-state index in [0.717, 1.165) is 12.8 Å². The van der Waals surface area contributed by atoms with Crippen molar-refractivity contribution in [3.8, 4) is 0 Å². The summed E-state index contributed by atoms with van der Waals surface area (Å²) in [6, 6.07) is 0. The topological polar surface area (TPSA) is 89.7 Å². The minimum absolute atomic E-state index is 0.0548. The lowest BCUT2D eigenvalue weighted by atomic mass is 9.68. The van der Waals surface area contributed by atoms with Gasteiger partial charge in [-0.3, -0.25) is 10.1 Å². The highest BCUT2D eigenvalue weighted by molar-refractivity contribution is 6.28. The van der Waals surface area contributed by atoms with Crippen molar-refractivity contribution in [2.75, 3.05) is 19.6 Å². The van der Waals surface area contributed by atoms with Crippen LogP contribution in [0.3, 0.4) is 0 Å². The number of imide groups is 1. The average molecular weight is 402 g/mol. The number of alkyl halides is 1. The van der Waals surface area contributed by atoms with Gasteiger partial charge >= 0.3 is 6.09 Å². The number of nitrogens with one attached hydrogen (secondary N) is 1. The number of carbonyl (C=O) groups is 2. The van der Waals surface area contributed by atoms with Crippen LogP contribution in [0.2, 0.25) is 0 Å². The molecule has 0 aromatic rings. The van der Waals surface area contributed by atoms with Gasteiger partial charge in [-0.15, -0.1) is 11.6 Å². The molecule has 1 N–H and O–H groups in total. The second kappa shape index (κ2) is 7.70. The molecule has 3 aliphatic rings. The van der Waals surface area contributed by atoms with Crippen LogP contribution in [-0.2, 0) is 23.7 Å². The second-order valence-electron chi connectivity index (χ2n) is 8.00. The Balaban J connectivity index is 1.73. The molecule has 0 aromatic carbocycles. The zero-order valence-electron chi connectivity index (χ0n) is 16.2. The van der Waals surface area contributed by atoms with Gasteiger partial charge in [0.2, 0.25) is 5.91 Å². The van der Waals surface area contributed by atoms with E-state index >= 15 is 0 Å². The largest absolute Gasteiger partial charge is 0.443 e. The summed E-state index contributed by atoms with van der Waals surface area (Å²) in [7, 11) is 1.61. The molecule has 8 heteroatoms. The number of epoxide rings is 2. The molecule has 0 radical (unpaired) electrons. The van der Waals surface area contributed by atoms with Crippen molar-refractivity contribution in [1.82, 2.24) is 5.32 Å². The molecule has 1 saturated carbocycles. The van der Waals surface area contributed by atoms with Crippen LogP contribution in [0, 0.1) is 5.92 Å². The van der Waals surface area contributed by atoms with E-state index in [2.05, 4.69) is 32.2 Å². The number of carbonyl (C=O) groups excluding carboxylic acids is 2. The second-order valence-corrected chi connectivity index (χ2v) is 8.27. The lowest BCUT2D eigenvalue weighted by Crippen LogP contribution is -2.56. The summed E-state index contributed by atoms with van der Waals surface area (Å²) in [5.41, 5.74) is 0.574. The van der Waals surface area contributed by atoms with Crippen molar-refractivity contribution < 1.29 is 28.5 Å². The number of ether oxygens (including phenoxy) is 4. The van der Waals surface area contributed by atoms with E-state index in [4.69, 9.17) is 30.5 Å². The maximum atomic E-state index is 12.0. The van der Waals surface area contributed by atoms with E-state index in [0.29, 0.717) is 13.0 Å². The lowest BCUT2D eigenvalue weighted by molar-refractivity contribution is -0.124. The normalized spacial score (nSPS) is 39.6. The van der Waals surface area contributed by atoms with Gasteiger partial charge in [0, 0.05) is 7.11 Å². The molecule has 2 heterocycles. The highest BCUT2D eigenvalue weighted by atomic mass is 35.5. The van der Waals surface area contributed by atoms with E-state index in [1.165, 1.54) is 5.57 Å². The molecule has 7 nitrogen and oxygen atoms in total. The number of alkyl carbamates (subject to hydrolysis) is 1. The van der Waals surface area contributed by atoms with Gasteiger partial charge in [-0.2, -0.15) is 0 Å².